The van der Waals surface area contributed by atoms with Crippen molar-refractivity contribution >= 4 is 11.0 Å². The summed E-state index contributed by atoms with van der Waals surface area (Å²) in [5.41, 5.74) is 14.4. The number of aromatic hydroxyl groups is 1. The van der Waals surface area contributed by atoms with E-state index in [4.69, 9.17) is 11.3 Å². The Hall–Kier alpha value is -7.04. The van der Waals surface area contributed by atoms with Crippen molar-refractivity contribution in [2.45, 2.75) is 19.7 Å². The van der Waals surface area contributed by atoms with E-state index in [0.29, 0.717) is 11.4 Å². The minimum absolute atomic E-state index is 0.147. The molecule has 0 radical (unpaired) electrons. The van der Waals surface area contributed by atoms with Gasteiger partial charge in [0.05, 0.1) is 28.0 Å². The van der Waals surface area contributed by atoms with Crippen LogP contribution in [-0.2, 0) is 0 Å². The number of phenolic OH excluding ortho intramolecular Hbond substituents is 1. The zero-order chi connectivity index (χ0) is 38.2. The number of hydrogen-bond acceptors (Lipinski definition) is 3. The molecule has 7 aromatic carbocycles. The fraction of sp³-hybridized carbons (Fsp3) is 0.0588. The second kappa shape index (κ2) is 14.4. The molecular weight excluding hydrogens is 671 g/mol. The Kier molecular flexibility index (Phi) is 8.54. The molecule has 55 heavy (non-hydrogen) atoms. The molecule has 0 spiro atoms. The average Bonchev–Trinajstić information content (AvgIpc) is 3.63. The maximum absolute atomic E-state index is 11.3. The fourth-order valence-corrected chi connectivity index (χ4v) is 7.44. The van der Waals surface area contributed by atoms with E-state index in [1.165, 1.54) is 0 Å². The molecule has 0 aliphatic rings. The smallest absolute Gasteiger partial charge is 0.149 e. The zero-order valence-corrected chi connectivity index (χ0v) is 30.7. The molecule has 0 saturated heterocycles. The van der Waals surface area contributed by atoms with E-state index < -0.39 is 5.89 Å². The predicted molar refractivity (Wildman–Crippen MR) is 227 cm³/mol. The summed E-state index contributed by atoms with van der Waals surface area (Å²) in [4.78, 5) is 10.3. The molecule has 9 aromatic rings. The largest absolute Gasteiger partial charge is 0.507 e. The van der Waals surface area contributed by atoms with Gasteiger partial charge in [0.15, 0.2) is 0 Å². The molecule has 0 amide bonds. The van der Waals surface area contributed by atoms with E-state index in [2.05, 4.69) is 126 Å². The van der Waals surface area contributed by atoms with E-state index >= 15 is 0 Å². The van der Waals surface area contributed by atoms with Crippen molar-refractivity contribution in [3.63, 3.8) is 0 Å². The van der Waals surface area contributed by atoms with Crippen LogP contribution in [0.2, 0.25) is 0 Å². The molecular formula is C51H39N3O. The zero-order valence-electron chi connectivity index (χ0n) is 31.7. The molecule has 2 aromatic heterocycles. The van der Waals surface area contributed by atoms with Gasteiger partial charge >= 0.3 is 0 Å². The highest BCUT2D eigenvalue weighted by Crippen LogP contribution is 2.42. The Morgan fingerprint density at radius 2 is 1.13 bits per heavy atom. The molecule has 264 valence electrons. The van der Waals surface area contributed by atoms with Gasteiger partial charge in [0.2, 0.25) is 0 Å². The number of aromatic nitrogens is 3. The van der Waals surface area contributed by atoms with Gasteiger partial charge in [-0.3, -0.25) is 9.55 Å². The summed E-state index contributed by atoms with van der Waals surface area (Å²) in [6.45, 7) is 3.82. The van der Waals surface area contributed by atoms with Crippen LogP contribution in [0.4, 0.5) is 0 Å². The first kappa shape index (κ1) is 32.6. The molecule has 4 heteroatoms. The highest BCUT2D eigenvalue weighted by atomic mass is 16.3. The number of pyridine rings is 1. The highest BCUT2D eigenvalue weighted by Gasteiger charge is 2.23. The van der Waals surface area contributed by atoms with Crippen molar-refractivity contribution in [1.82, 2.24) is 14.5 Å². The Bertz CT molecular complexity index is 2840. The Morgan fingerprint density at radius 3 is 1.84 bits per heavy atom. The van der Waals surface area contributed by atoms with Crippen molar-refractivity contribution in [2.24, 2.45) is 0 Å². The lowest BCUT2D eigenvalue weighted by molar-refractivity contribution is 0.477. The van der Waals surface area contributed by atoms with Gasteiger partial charge < -0.3 is 5.11 Å². The van der Waals surface area contributed by atoms with Gasteiger partial charge in [0, 0.05) is 24.3 Å². The highest BCUT2D eigenvalue weighted by molar-refractivity contribution is 5.98. The first-order valence-electron chi connectivity index (χ1n) is 19.0. The Morgan fingerprint density at radius 1 is 0.509 bits per heavy atom. The van der Waals surface area contributed by atoms with E-state index in [1.807, 2.05) is 74.6 Å². The summed E-state index contributed by atoms with van der Waals surface area (Å²) in [6.07, 6.45) is 1.88. The van der Waals surface area contributed by atoms with Crippen LogP contribution in [0.1, 0.15) is 26.7 Å². The molecule has 0 unspecified atom stereocenters. The van der Waals surface area contributed by atoms with Gasteiger partial charge in [-0.05, 0) is 106 Å². The lowest BCUT2D eigenvalue weighted by Crippen LogP contribution is -2.02. The second-order valence-electron chi connectivity index (χ2n) is 14.0. The van der Waals surface area contributed by atoms with Crippen LogP contribution in [0, 0.1) is 0 Å². The van der Waals surface area contributed by atoms with Gasteiger partial charge in [-0.2, -0.15) is 0 Å². The van der Waals surface area contributed by atoms with Gasteiger partial charge in [-0.25, -0.2) is 4.98 Å². The lowest BCUT2D eigenvalue weighted by Gasteiger charge is -2.18. The Balaban J connectivity index is 1.31. The lowest BCUT2D eigenvalue weighted by atomic mass is 9.93. The van der Waals surface area contributed by atoms with Crippen LogP contribution in [0.15, 0.2) is 188 Å². The molecule has 0 bridgehead atoms. The number of benzene rings is 7. The molecule has 9 rings (SSSR count). The minimum atomic E-state index is -0.802. The van der Waals surface area contributed by atoms with Crippen molar-refractivity contribution in [3.8, 4) is 78.6 Å². The molecule has 0 aliphatic carbocycles. The van der Waals surface area contributed by atoms with Crippen molar-refractivity contribution in [1.29, 1.82) is 0 Å². The summed E-state index contributed by atoms with van der Waals surface area (Å²) in [5, 5.41) is 11.3. The number of fused-ring (bicyclic) bond motifs is 1. The van der Waals surface area contributed by atoms with Crippen molar-refractivity contribution < 1.29 is 6.48 Å². The van der Waals surface area contributed by atoms with Gasteiger partial charge in [-0.1, -0.05) is 135 Å². The third-order valence-corrected chi connectivity index (χ3v) is 10.2. The first-order valence-corrected chi connectivity index (χ1v) is 18.5. The predicted octanol–water partition coefficient (Wildman–Crippen LogP) is 13.3. The van der Waals surface area contributed by atoms with Gasteiger partial charge in [-0.15, -0.1) is 0 Å². The summed E-state index contributed by atoms with van der Waals surface area (Å²) in [5.74, 6) is -0.0326. The fourth-order valence-electron chi connectivity index (χ4n) is 7.44. The maximum atomic E-state index is 11.3. The number of nitrogens with zero attached hydrogens (tertiary/aromatic N) is 3. The van der Waals surface area contributed by atoms with Crippen LogP contribution in [0.25, 0.3) is 83.9 Å². The molecule has 4 nitrogen and oxygen atoms in total. The molecule has 0 fully saturated rings. The topological polar surface area (TPSA) is 50.9 Å². The van der Waals surface area contributed by atoms with Crippen LogP contribution >= 0.6 is 0 Å². The van der Waals surface area contributed by atoms with Crippen molar-refractivity contribution in [3.05, 3.63) is 194 Å². The third kappa shape index (κ3) is 6.49. The Labute approximate surface area is 323 Å². The van der Waals surface area contributed by atoms with E-state index in [9.17, 15) is 5.11 Å². The molecule has 0 atom stereocenters. The monoisotopic (exact) mass is 710 g/mol. The van der Waals surface area contributed by atoms with Crippen molar-refractivity contribution in [2.75, 3.05) is 0 Å². The number of imidazole rings is 1. The third-order valence-electron chi connectivity index (χ3n) is 10.2. The molecule has 0 saturated carbocycles. The summed E-state index contributed by atoms with van der Waals surface area (Å²) in [7, 11) is 0. The standard InChI is InChI=1S/C51H39N3O/c1-34(2)38-25-26-47(45(32-38)37-19-10-5-11-20-37)54-48-23-14-22-43(50(48)53-51(54)44-21-12-13-24-49(44)55)41-29-40(36-17-8-4-9-18-36)30-42(31-41)46-33-39(27-28-52-46)35-15-6-3-7-16-35/h3-34,55H,1-2H3/i34D. The second-order valence-corrected chi connectivity index (χ2v) is 14.0. The number of phenols is 1. The molecule has 1 N–H and O–H groups in total. The summed E-state index contributed by atoms with van der Waals surface area (Å²) >= 11 is 0. The maximum Gasteiger partial charge on any atom is 0.149 e. The number of rotatable bonds is 8. The molecule has 2 heterocycles. The first-order chi connectivity index (χ1) is 27.3. The SMILES string of the molecule is [2H]C(C)(C)c1ccc(-n2c(-c3ccccc3O)nc3c(-c4cc(-c5ccccc5)cc(-c5cc(-c6ccccc6)ccn5)c4)cccc32)c(-c2ccccc2)c1. The summed E-state index contributed by atoms with van der Waals surface area (Å²) in [6, 6.07) is 61.9. The minimum Gasteiger partial charge on any atom is -0.507 e. The summed E-state index contributed by atoms with van der Waals surface area (Å²) < 4.78 is 11.1. The van der Waals surface area contributed by atoms with Crippen LogP contribution in [0.3, 0.4) is 0 Å². The number of para-hydroxylation sites is 2. The van der Waals surface area contributed by atoms with E-state index in [-0.39, 0.29) is 5.75 Å². The average molecular weight is 711 g/mol. The number of hydrogen-bond donors (Lipinski definition) is 1. The van der Waals surface area contributed by atoms with Crippen LogP contribution in [-0.4, -0.2) is 19.6 Å². The normalized spacial score (nSPS) is 11.8. The molecule has 0 aliphatic heterocycles. The van der Waals surface area contributed by atoms with E-state index in [1.54, 1.807) is 6.07 Å². The van der Waals surface area contributed by atoms with Crippen LogP contribution < -0.4 is 0 Å². The van der Waals surface area contributed by atoms with E-state index in [0.717, 1.165) is 78.0 Å². The van der Waals surface area contributed by atoms with Gasteiger partial charge in [0.1, 0.15) is 11.6 Å². The van der Waals surface area contributed by atoms with Gasteiger partial charge in [0.25, 0.3) is 0 Å². The quantitative estimate of drug-likeness (QED) is 0.171. The van der Waals surface area contributed by atoms with Crippen LogP contribution in [0.5, 0.6) is 5.75 Å².